The van der Waals surface area contributed by atoms with Crippen LogP contribution in [0.5, 0.6) is 0 Å². The Bertz CT molecular complexity index is 1260. The molecule has 0 radical (unpaired) electrons. The number of carbonyl (C=O) groups is 1. The molecule has 2 aromatic rings. The molecule has 0 saturated heterocycles. The Hall–Kier alpha value is -2.10. The first-order valence-electron chi connectivity index (χ1n) is 17.9. The van der Waals surface area contributed by atoms with Gasteiger partial charge in [0.1, 0.15) is 5.78 Å². The molecule has 0 aliphatic rings. The van der Waals surface area contributed by atoms with Gasteiger partial charge in [0, 0.05) is 11.8 Å². The summed E-state index contributed by atoms with van der Waals surface area (Å²) in [6, 6.07) is 24.9. The van der Waals surface area contributed by atoms with Gasteiger partial charge >= 0.3 is 0 Å². The second-order valence-corrected chi connectivity index (χ2v) is 29.9. The van der Waals surface area contributed by atoms with Crippen LogP contribution in [0.25, 0.3) is 0 Å². The van der Waals surface area contributed by atoms with E-state index in [-0.39, 0.29) is 16.9 Å². The van der Waals surface area contributed by atoms with Gasteiger partial charge in [-0.3, -0.25) is 4.79 Å². The number of carbonyl (C=O) groups excluding carboxylic acids is 1. The van der Waals surface area contributed by atoms with Gasteiger partial charge in [0.2, 0.25) is 0 Å². The summed E-state index contributed by atoms with van der Waals surface area (Å²) in [4.78, 5) is 14.0. The molecule has 260 valence electrons. The second kappa shape index (κ2) is 18.1. The Morgan fingerprint density at radius 3 is 1.74 bits per heavy atom. The van der Waals surface area contributed by atoms with Crippen molar-refractivity contribution >= 4 is 40.9 Å². The van der Waals surface area contributed by atoms with Gasteiger partial charge in [0.05, 0.1) is 20.8 Å². The largest absolute Gasteiger partial charge is 0.413 e. The van der Waals surface area contributed by atoms with Crippen molar-refractivity contribution in [2.75, 3.05) is 6.61 Å². The van der Waals surface area contributed by atoms with Crippen LogP contribution in [0.15, 0.2) is 96.2 Å². The van der Waals surface area contributed by atoms with Gasteiger partial charge in [0.25, 0.3) is 8.32 Å². The molecule has 0 bridgehead atoms. The molecule has 0 fully saturated rings. The third-order valence-corrected chi connectivity index (χ3v) is 20.5. The summed E-state index contributed by atoms with van der Waals surface area (Å²) < 4.78 is 14.1. The molecule has 6 heteroatoms. The molecule has 3 nitrogen and oxygen atoms in total. The van der Waals surface area contributed by atoms with Crippen molar-refractivity contribution in [3.8, 4) is 0 Å². The lowest BCUT2D eigenvalue weighted by atomic mass is 9.83. The molecule has 47 heavy (non-hydrogen) atoms. The zero-order chi connectivity index (χ0) is 35.4. The molecule has 0 aromatic heterocycles. The lowest BCUT2D eigenvalue weighted by Gasteiger charge is -2.42. The Balaban J connectivity index is 2.34. The summed E-state index contributed by atoms with van der Waals surface area (Å²) >= 11 is 0. The van der Waals surface area contributed by atoms with Crippen LogP contribution in [0.4, 0.5) is 0 Å². The van der Waals surface area contributed by atoms with Crippen LogP contribution in [0.3, 0.4) is 0 Å². The lowest BCUT2D eigenvalue weighted by molar-refractivity contribution is -0.124. The second-order valence-electron chi connectivity index (χ2n) is 15.9. The van der Waals surface area contributed by atoms with Gasteiger partial charge < -0.3 is 8.85 Å². The fourth-order valence-corrected chi connectivity index (χ4v) is 15.5. The van der Waals surface area contributed by atoms with Crippen molar-refractivity contribution in [3.05, 3.63) is 96.2 Å². The third-order valence-electron chi connectivity index (χ3n) is 9.57. The van der Waals surface area contributed by atoms with E-state index in [1.165, 1.54) is 15.9 Å². The normalized spacial score (nSPS) is 14.7. The minimum Gasteiger partial charge on any atom is -0.413 e. The van der Waals surface area contributed by atoms with Crippen LogP contribution in [-0.4, -0.2) is 43.2 Å². The minimum atomic E-state index is -2.64. The van der Waals surface area contributed by atoms with E-state index in [4.69, 9.17) is 8.85 Å². The van der Waals surface area contributed by atoms with Crippen LogP contribution >= 0.6 is 0 Å². The highest BCUT2D eigenvalue weighted by Gasteiger charge is 2.50. The Morgan fingerprint density at radius 1 is 0.809 bits per heavy atom. The summed E-state index contributed by atoms with van der Waals surface area (Å²) in [7, 11) is -6.00. The monoisotopic (exact) mass is 690 g/mol. The molecule has 1 atom stereocenters. The molecular weight excluding hydrogens is 625 g/mol. The van der Waals surface area contributed by atoms with Crippen molar-refractivity contribution < 1.29 is 13.6 Å². The average molecular weight is 691 g/mol. The van der Waals surface area contributed by atoms with Gasteiger partial charge in [-0.05, 0) is 67.2 Å². The van der Waals surface area contributed by atoms with Crippen LogP contribution in [0, 0.1) is 5.41 Å². The number of hydrogen-bond donors (Lipinski definition) is 0. The predicted octanol–water partition coefficient (Wildman–Crippen LogP) is 10.7. The predicted molar refractivity (Wildman–Crippen MR) is 214 cm³/mol. The van der Waals surface area contributed by atoms with E-state index in [1.807, 2.05) is 0 Å². The van der Waals surface area contributed by atoms with Gasteiger partial charge in [-0.2, -0.15) is 0 Å². The Morgan fingerprint density at radius 2 is 1.32 bits per heavy atom. The highest BCUT2D eigenvalue weighted by atomic mass is 28.4. The lowest BCUT2D eigenvalue weighted by Crippen LogP contribution is -2.66. The fourth-order valence-electron chi connectivity index (χ4n) is 6.71. The highest BCUT2D eigenvalue weighted by molar-refractivity contribution is 6.99. The van der Waals surface area contributed by atoms with Crippen molar-refractivity contribution in [2.24, 2.45) is 5.41 Å². The van der Waals surface area contributed by atoms with E-state index in [2.05, 4.69) is 173 Å². The number of ketones is 1. The van der Waals surface area contributed by atoms with Gasteiger partial charge in [-0.15, -0.1) is 0 Å². The summed E-state index contributed by atoms with van der Waals surface area (Å²) in [6.45, 7) is 27.5. The maximum absolute atomic E-state index is 14.0. The SMILES string of the molecule is C/C=C/C[C@H](C/C(=C\[Si](C)(C)C)CC(=O)C(C)(C)/C=C/CO[Si](c1ccccc1)(c1ccccc1)C(C)(C)C)O[Si](CC)(CC)CC. The van der Waals surface area contributed by atoms with Crippen LogP contribution in [-0.2, 0) is 13.6 Å². The van der Waals surface area contributed by atoms with E-state index in [9.17, 15) is 4.79 Å². The highest BCUT2D eigenvalue weighted by Crippen LogP contribution is 2.37. The van der Waals surface area contributed by atoms with E-state index in [0.29, 0.717) is 13.0 Å². The summed E-state index contributed by atoms with van der Waals surface area (Å²) in [5, 5.41) is 2.43. The molecule has 2 rings (SSSR count). The van der Waals surface area contributed by atoms with E-state index < -0.39 is 30.1 Å². The van der Waals surface area contributed by atoms with Crippen LogP contribution < -0.4 is 10.4 Å². The van der Waals surface area contributed by atoms with E-state index in [1.54, 1.807) is 0 Å². The van der Waals surface area contributed by atoms with E-state index in [0.717, 1.165) is 31.0 Å². The van der Waals surface area contributed by atoms with Crippen molar-refractivity contribution in [1.82, 2.24) is 0 Å². The first-order valence-corrected chi connectivity index (χ1v) is 26.0. The smallest absolute Gasteiger partial charge is 0.261 e. The molecule has 0 aliphatic carbocycles. The van der Waals surface area contributed by atoms with Crippen LogP contribution in [0.1, 0.15) is 81.6 Å². The summed E-state index contributed by atoms with van der Waals surface area (Å²) in [5.41, 5.74) is 3.09. The molecular formula is C41H66O3Si3. The molecule has 2 aromatic carbocycles. The number of Topliss-reactive ketones (excluding diaryl/α,β-unsaturated/α-hetero) is 1. The molecule has 0 heterocycles. The topological polar surface area (TPSA) is 35.5 Å². The number of rotatable bonds is 19. The zero-order valence-corrected chi connectivity index (χ0v) is 34.9. The maximum atomic E-state index is 14.0. The fraction of sp³-hybridized carbons (Fsp3) is 0.537. The molecule has 0 amide bonds. The summed E-state index contributed by atoms with van der Waals surface area (Å²) in [5.74, 6) is 0.249. The average Bonchev–Trinajstić information content (AvgIpc) is 3.02. The maximum Gasteiger partial charge on any atom is 0.261 e. The Kier molecular flexibility index (Phi) is 15.8. The molecule has 0 spiro atoms. The van der Waals surface area contributed by atoms with Gasteiger partial charge in [-0.1, -0.05) is 157 Å². The zero-order valence-electron chi connectivity index (χ0n) is 31.9. The Labute approximate surface area is 292 Å². The first-order chi connectivity index (χ1) is 22.0. The van der Waals surface area contributed by atoms with Crippen molar-refractivity contribution in [1.29, 1.82) is 0 Å². The summed E-state index contributed by atoms with van der Waals surface area (Å²) in [6.07, 6.45) is 10.8. The minimum absolute atomic E-state index is 0.0925. The van der Waals surface area contributed by atoms with Crippen LogP contribution in [0.2, 0.25) is 42.8 Å². The number of benzene rings is 2. The molecule has 0 N–H and O–H groups in total. The molecule has 0 unspecified atom stereocenters. The molecule has 0 saturated carbocycles. The first kappa shape index (κ1) is 41.1. The van der Waals surface area contributed by atoms with Crippen molar-refractivity contribution in [3.63, 3.8) is 0 Å². The standard InChI is InChI=1S/C41H66O3Si3/c1-13-17-25-36(44-46(14-2,15-3)16-4)32-35(34-45(10,11)12)33-39(42)41(8,9)30-24-31-43-47(40(5,6)7,37-26-20-18-21-27-37)38-28-22-19-23-29-38/h13,17-24,26-30,34,36H,14-16,25,31-33H2,1-12H3/b17-13+,30-24+,35-34+/t36-/m1/s1. The third kappa shape index (κ3) is 11.8. The van der Waals surface area contributed by atoms with Gasteiger partial charge in [0.15, 0.2) is 8.32 Å². The molecule has 0 aliphatic heterocycles. The van der Waals surface area contributed by atoms with Crippen molar-refractivity contribution in [2.45, 2.75) is 130 Å². The number of hydrogen-bond acceptors (Lipinski definition) is 3. The van der Waals surface area contributed by atoms with Gasteiger partial charge in [-0.25, -0.2) is 0 Å². The number of allylic oxidation sites excluding steroid dienone is 2. The van der Waals surface area contributed by atoms with E-state index >= 15 is 0 Å². The quantitative estimate of drug-likeness (QED) is 0.109.